The minimum Gasteiger partial charge on any atom is -0.301 e. The zero-order valence-corrected chi connectivity index (χ0v) is 23.8. The Kier molecular flexibility index (Phi) is 7.71. The molecule has 11 heteroatoms. The molecule has 0 radical (unpaired) electrons. The first-order valence-electron chi connectivity index (χ1n) is 11.7. The van der Waals surface area contributed by atoms with Gasteiger partial charge in [0.15, 0.2) is 5.16 Å². The largest absolute Gasteiger partial charge is 0.301 e. The van der Waals surface area contributed by atoms with E-state index < -0.39 is 10.0 Å². The number of hydrogen-bond donors (Lipinski definition) is 2. The number of nitrogens with one attached hydrogen (secondary N) is 2. The van der Waals surface area contributed by atoms with Crippen molar-refractivity contribution in [3.05, 3.63) is 98.6 Å². The minimum atomic E-state index is -3.79. The van der Waals surface area contributed by atoms with E-state index in [4.69, 9.17) is 4.98 Å². The highest BCUT2D eigenvalue weighted by Crippen LogP contribution is 2.37. The van der Waals surface area contributed by atoms with Gasteiger partial charge in [-0.15, -0.1) is 22.7 Å². The summed E-state index contributed by atoms with van der Waals surface area (Å²) in [4.78, 5) is 23.7. The number of hydrogen-bond acceptors (Lipinski definition) is 7. The van der Waals surface area contributed by atoms with Crippen LogP contribution in [0.1, 0.15) is 29.5 Å². The Bertz CT molecular complexity index is 1720. The zero-order chi connectivity index (χ0) is 26.9. The highest BCUT2D eigenvalue weighted by molar-refractivity contribution is 7.98. The third-order valence-corrected chi connectivity index (χ3v) is 10.7. The summed E-state index contributed by atoms with van der Waals surface area (Å²) in [7, 11) is -3.79. The molecule has 38 heavy (non-hydrogen) atoms. The first-order chi connectivity index (χ1) is 18.2. The van der Waals surface area contributed by atoms with Gasteiger partial charge in [0.25, 0.3) is 15.6 Å². The van der Waals surface area contributed by atoms with Gasteiger partial charge in [-0.3, -0.25) is 9.52 Å². The molecule has 3 aromatic heterocycles. The number of benzene rings is 1. The van der Waals surface area contributed by atoms with E-state index in [1.54, 1.807) is 48.7 Å². The number of rotatable bonds is 8. The van der Waals surface area contributed by atoms with Crippen LogP contribution in [0, 0.1) is 13.8 Å². The fourth-order valence-corrected chi connectivity index (χ4v) is 8.06. The number of halogens is 1. The third-order valence-electron chi connectivity index (χ3n) is 6.00. The molecule has 5 rings (SSSR count). The second-order valence-corrected chi connectivity index (χ2v) is 13.4. The monoisotopic (exact) mass is 585 g/mol. The Hall–Kier alpha value is -2.99. The predicted octanol–water partition coefficient (Wildman–Crippen LogP) is 6.95. The summed E-state index contributed by atoms with van der Waals surface area (Å²) in [5.74, 6) is 0.237. The second kappa shape index (κ2) is 11.0. The van der Waals surface area contributed by atoms with Crippen LogP contribution in [0.25, 0.3) is 20.3 Å². The Morgan fingerprint density at radius 3 is 2.61 bits per heavy atom. The van der Waals surface area contributed by atoms with Crippen LogP contribution in [0.3, 0.4) is 0 Å². The molecule has 0 amide bonds. The summed E-state index contributed by atoms with van der Waals surface area (Å²) in [6.07, 6.45) is 3.23. The van der Waals surface area contributed by atoms with Crippen molar-refractivity contribution in [2.45, 2.75) is 42.5 Å². The summed E-state index contributed by atoms with van der Waals surface area (Å²) in [6.45, 7) is 3.51. The fourth-order valence-electron chi connectivity index (χ4n) is 4.02. The van der Waals surface area contributed by atoms with Gasteiger partial charge in [0.05, 0.1) is 15.5 Å². The van der Waals surface area contributed by atoms with Crippen molar-refractivity contribution in [1.29, 1.82) is 0 Å². The maximum absolute atomic E-state index is 13.2. The highest BCUT2D eigenvalue weighted by Gasteiger charge is 2.20. The molecule has 0 aliphatic heterocycles. The quantitative estimate of drug-likeness (QED) is 0.173. The van der Waals surface area contributed by atoms with E-state index in [1.807, 2.05) is 29.6 Å². The van der Waals surface area contributed by atoms with E-state index in [9.17, 15) is 17.6 Å². The number of thioether (sulfide) groups is 1. The van der Waals surface area contributed by atoms with Crippen molar-refractivity contribution >= 4 is 44.5 Å². The Labute approximate surface area is 232 Å². The predicted molar refractivity (Wildman–Crippen MR) is 154 cm³/mol. The SMILES string of the molecule is Cc1cc(CSc2nc(-c3ccc(-c4cccs4)s3)c(C)c(=O)[nH]2)ccc1S(=O)(=O)NC1=CC=C(F)CC1. The summed E-state index contributed by atoms with van der Waals surface area (Å²) >= 11 is 4.66. The molecular weight excluding hydrogens is 562 g/mol. The van der Waals surface area contributed by atoms with Crippen molar-refractivity contribution in [2.24, 2.45) is 0 Å². The lowest BCUT2D eigenvalue weighted by Crippen LogP contribution is -2.24. The van der Waals surface area contributed by atoms with Gasteiger partial charge < -0.3 is 4.98 Å². The van der Waals surface area contributed by atoms with Gasteiger partial charge in [-0.1, -0.05) is 30.0 Å². The maximum atomic E-state index is 13.2. The Morgan fingerprint density at radius 2 is 1.89 bits per heavy atom. The van der Waals surface area contributed by atoms with Crippen molar-refractivity contribution in [3.63, 3.8) is 0 Å². The smallest absolute Gasteiger partial charge is 0.261 e. The van der Waals surface area contributed by atoms with Crippen LogP contribution in [0.5, 0.6) is 0 Å². The van der Waals surface area contributed by atoms with Crippen LogP contribution in [0.2, 0.25) is 0 Å². The molecule has 2 N–H and O–H groups in total. The molecule has 0 bridgehead atoms. The number of allylic oxidation sites excluding steroid dienone is 4. The summed E-state index contributed by atoms with van der Waals surface area (Å²) < 4.78 is 41.6. The lowest BCUT2D eigenvalue weighted by Gasteiger charge is -2.15. The number of aromatic amines is 1. The van der Waals surface area contributed by atoms with Gasteiger partial charge in [-0.2, -0.15) is 0 Å². The van der Waals surface area contributed by atoms with E-state index in [0.717, 1.165) is 15.3 Å². The number of thiophene rings is 2. The average Bonchev–Trinajstić information content (AvgIpc) is 3.58. The number of sulfonamides is 1. The van der Waals surface area contributed by atoms with Gasteiger partial charge in [-0.05, 0) is 73.2 Å². The highest BCUT2D eigenvalue weighted by atomic mass is 32.2. The number of aryl methyl sites for hydroxylation is 1. The zero-order valence-electron chi connectivity index (χ0n) is 20.6. The fraction of sp³-hybridized carbons (Fsp3) is 0.185. The minimum absolute atomic E-state index is 0.172. The molecule has 1 aromatic carbocycles. The molecule has 1 aliphatic carbocycles. The third kappa shape index (κ3) is 5.85. The van der Waals surface area contributed by atoms with Gasteiger partial charge in [0, 0.05) is 33.2 Å². The molecule has 1 aliphatic rings. The normalized spacial score (nSPS) is 13.8. The molecule has 0 unspecified atom stereocenters. The lowest BCUT2D eigenvalue weighted by atomic mass is 10.1. The van der Waals surface area contributed by atoms with Crippen LogP contribution >= 0.6 is 34.4 Å². The van der Waals surface area contributed by atoms with Crippen LogP contribution in [-0.4, -0.2) is 18.4 Å². The second-order valence-electron chi connectivity index (χ2n) is 8.79. The maximum Gasteiger partial charge on any atom is 0.261 e. The van der Waals surface area contributed by atoms with Crippen molar-refractivity contribution in [2.75, 3.05) is 0 Å². The van der Waals surface area contributed by atoms with Crippen LogP contribution in [0.4, 0.5) is 4.39 Å². The molecule has 0 spiro atoms. The summed E-state index contributed by atoms with van der Waals surface area (Å²) in [6, 6.07) is 13.3. The number of aromatic nitrogens is 2. The number of nitrogens with zero attached hydrogens (tertiary/aromatic N) is 1. The molecule has 196 valence electrons. The van der Waals surface area contributed by atoms with Gasteiger partial charge in [-0.25, -0.2) is 17.8 Å². The van der Waals surface area contributed by atoms with Gasteiger partial charge in [0.1, 0.15) is 5.83 Å². The van der Waals surface area contributed by atoms with Crippen molar-refractivity contribution in [3.8, 4) is 20.3 Å². The first kappa shape index (κ1) is 26.6. The molecule has 3 heterocycles. The molecule has 6 nitrogen and oxygen atoms in total. The van der Waals surface area contributed by atoms with Crippen LogP contribution in [0.15, 0.2) is 86.4 Å². The molecule has 0 atom stereocenters. The van der Waals surface area contributed by atoms with Crippen LogP contribution < -0.4 is 10.3 Å². The summed E-state index contributed by atoms with van der Waals surface area (Å²) in [5.41, 5.74) is 3.01. The van der Waals surface area contributed by atoms with E-state index in [-0.39, 0.29) is 22.7 Å². The summed E-state index contributed by atoms with van der Waals surface area (Å²) in [5, 5.41) is 2.54. The lowest BCUT2D eigenvalue weighted by molar-refractivity contribution is 0.567. The molecule has 0 fully saturated rings. The average molecular weight is 586 g/mol. The van der Waals surface area contributed by atoms with Crippen molar-refractivity contribution < 1.29 is 12.8 Å². The first-order valence-corrected chi connectivity index (χ1v) is 15.9. The number of H-pyrrole nitrogens is 1. The van der Waals surface area contributed by atoms with E-state index in [0.29, 0.717) is 39.8 Å². The van der Waals surface area contributed by atoms with Gasteiger partial charge >= 0.3 is 0 Å². The van der Waals surface area contributed by atoms with Gasteiger partial charge in [0.2, 0.25) is 0 Å². The molecule has 0 saturated heterocycles. The molecule has 0 saturated carbocycles. The van der Waals surface area contributed by atoms with Crippen LogP contribution in [-0.2, 0) is 15.8 Å². The Balaban J connectivity index is 1.32. The topological polar surface area (TPSA) is 91.9 Å². The van der Waals surface area contributed by atoms with E-state index in [2.05, 4.69) is 15.8 Å². The molecule has 4 aromatic rings. The molecular formula is C27H24FN3O3S4. The van der Waals surface area contributed by atoms with E-state index in [1.165, 1.54) is 28.8 Å². The Morgan fingerprint density at radius 1 is 1.08 bits per heavy atom. The van der Waals surface area contributed by atoms with Crippen molar-refractivity contribution in [1.82, 2.24) is 14.7 Å². The standard InChI is InChI=1S/C27H24FN3O3S4/c1-16-14-18(5-12-24(16)38(33,34)31-20-8-6-19(28)7-9-20)15-36-27-29-25(17(2)26(32)30-27)23-11-10-22(37-23)21-4-3-13-35-21/h3-6,8,10-14,31H,7,9,15H2,1-2H3,(H,29,30,32). The van der Waals surface area contributed by atoms with E-state index >= 15 is 0 Å².